The van der Waals surface area contributed by atoms with Crippen LogP contribution in [0.25, 0.3) is 0 Å². The van der Waals surface area contributed by atoms with Gasteiger partial charge < -0.3 is 21.0 Å². The molecule has 35 heavy (non-hydrogen) atoms. The average molecular weight is 482 g/mol. The van der Waals surface area contributed by atoms with Crippen molar-refractivity contribution in [1.82, 2.24) is 20.7 Å². The molecule has 2 aromatic carbocycles. The number of benzene rings is 2. The van der Waals surface area contributed by atoms with Crippen LogP contribution in [0.15, 0.2) is 67.0 Å². The Balaban J connectivity index is 1.78. The van der Waals surface area contributed by atoms with Crippen LogP contribution in [0, 0.1) is 0 Å². The van der Waals surface area contributed by atoms with E-state index in [1.165, 1.54) is 16.7 Å². The number of carbonyl (C=O) groups is 2. The van der Waals surface area contributed by atoms with Crippen LogP contribution in [-0.4, -0.2) is 54.1 Å². The molecule has 7 nitrogen and oxygen atoms in total. The lowest BCUT2D eigenvalue weighted by atomic mass is 9.95. The molecule has 2 aromatic rings. The van der Waals surface area contributed by atoms with Crippen LogP contribution >= 0.6 is 0 Å². The number of hydrogen-bond acceptors (Lipinski definition) is 5. The summed E-state index contributed by atoms with van der Waals surface area (Å²) in [6.07, 6.45) is 1.85. The third-order valence-electron chi connectivity index (χ3n) is 6.35. The van der Waals surface area contributed by atoms with Crippen LogP contribution in [0.4, 0.5) is 4.39 Å². The molecular weight excluding hydrogens is 445 g/mol. The first-order valence-electron chi connectivity index (χ1n) is 12.0. The molecule has 0 saturated carbocycles. The minimum atomic E-state index is -1.24. The van der Waals surface area contributed by atoms with Gasteiger partial charge in [-0.1, -0.05) is 68.4 Å². The number of nitrogens with zero attached hydrogens (tertiary/aromatic N) is 2. The topological polar surface area (TPSA) is 90.7 Å². The highest BCUT2D eigenvalue weighted by Crippen LogP contribution is 2.27. The molecule has 1 aliphatic heterocycles. The van der Waals surface area contributed by atoms with Gasteiger partial charge >= 0.3 is 0 Å². The summed E-state index contributed by atoms with van der Waals surface area (Å²) in [6, 6.07) is 16.6. The molecule has 0 unspecified atom stereocenters. The maximum Gasteiger partial charge on any atom is 0.243 e. The first kappa shape index (κ1) is 26.2. The van der Waals surface area contributed by atoms with E-state index >= 15 is 0 Å². The second-order valence-electron chi connectivity index (χ2n) is 9.08. The molecule has 188 valence electrons. The van der Waals surface area contributed by atoms with Crippen molar-refractivity contribution in [3.63, 3.8) is 0 Å². The van der Waals surface area contributed by atoms with Gasteiger partial charge in [0.05, 0.1) is 12.6 Å². The van der Waals surface area contributed by atoms with Crippen molar-refractivity contribution in [3.8, 4) is 0 Å². The normalized spacial score (nSPS) is 18.7. The zero-order valence-corrected chi connectivity index (χ0v) is 20.7. The van der Waals surface area contributed by atoms with E-state index in [1.54, 1.807) is 18.3 Å². The van der Waals surface area contributed by atoms with Crippen LogP contribution < -0.4 is 16.5 Å². The van der Waals surface area contributed by atoms with Crippen molar-refractivity contribution in [2.75, 3.05) is 20.1 Å². The van der Waals surface area contributed by atoms with Gasteiger partial charge in [0.15, 0.2) is 0 Å². The summed E-state index contributed by atoms with van der Waals surface area (Å²) in [6.45, 7) is 4.53. The fourth-order valence-electron chi connectivity index (χ4n) is 4.35. The lowest BCUT2D eigenvalue weighted by Crippen LogP contribution is -2.47. The lowest BCUT2D eigenvalue weighted by Gasteiger charge is -2.28. The summed E-state index contributed by atoms with van der Waals surface area (Å²) in [5, 5.41) is 4.75. The number of hydrazine groups is 1. The van der Waals surface area contributed by atoms with Crippen molar-refractivity contribution in [3.05, 3.63) is 83.7 Å². The fourth-order valence-corrected chi connectivity index (χ4v) is 4.35. The van der Waals surface area contributed by atoms with Crippen LogP contribution in [0.5, 0.6) is 0 Å². The second kappa shape index (κ2) is 12.4. The Morgan fingerprint density at radius 1 is 1.11 bits per heavy atom. The molecule has 1 aliphatic rings. The second-order valence-corrected chi connectivity index (χ2v) is 9.08. The minimum absolute atomic E-state index is 0.0101. The monoisotopic (exact) mass is 481 g/mol. The average Bonchev–Trinajstić information content (AvgIpc) is 3.27. The van der Waals surface area contributed by atoms with Gasteiger partial charge in [-0.25, -0.2) is 9.82 Å². The number of carbonyl (C=O) groups excluding carboxylic acids is 2. The van der Waals surface area contributed by atoms with Gasteiger partial charge in [0.2, 0.25) is 11.8 Å². The Bertz CT molecular complexity index is 996. The summed E-state index contributed by atoms with van der Waals surface area (Å²) in [4.78, 5) is 27.7. The van der Waals surface area contributed by atoms with E-state index in [0.717, 1.165) is 11.1 Å². The number of nitrogens with two attached hydrogens (primary N) is 1. The van der Waals surface area contributed by atoms with Gasteiger partial charge in [0.1, 0.15) is 12.2 Å². The molecule has 0 aromatic heterocycles. The van der Waals surface area contributed by atoms with Gasteiger partial charge in [-0.2, -0.15) is 0 Å². The molecule has 1 fully saturated rings. The maximum absolute atomic E-state index is 14.4. The third-order valence-corrected chi connectivity index (χ3v) is 6.35. The molecule has 1 heterocycles. The number of hydrogen-bond donors (Lipinski definition) is 3. The summed E-state index contributed by atoms with van der Waals surface area (Å²) in [5.74, 6) is -0.228. The quantitative estimate of drug-likeness (QED) is 0.454. The van der Waals surface area contributed by atoms with Crippen molar-refractivity contribution >= 4 is 11.8 Å². The van der Waals surface area contributed by atoms with E-state index in [-0.39, 0.29) is 31.2 Å². The Morgan fingerprint density at radius 3 is 2.34 bits per heavy atom. The van der Waals surface area contributed by atoms with E-state index in [0.29, 0.717) is 12.5 Å². The molecule has 3 rings (SSSR count). The summed E-state index contributed by atoms with van der Waals surface area (Å²) in [5.41, 5.74) is 11.4. The first-order valence-corrected chi connectivity index (χ1v) is 12.0. The molecule has 8 heteroatoms. The van der Waals surface area contributed by atoms with E-state index in [1.807, 2.05) is 42.5 Å². The first-order chi connectivity index (χ1) is 16.8. The molecule has 0 aliphatic carbocycles. The molecule has 0 spiro atoms. The standard InChI is InChI=1S/C27H36FN5O2/c1-19(2)20-9-11-22(12-10-20)26(21-7-5-4-6-8-21)31-27(35)24-17-23(28)18-33(24)25(34)13-15-32(30-3)16-14-29/h4-12,14,16,19,23-24,26,30H,13,15,17-18,29H2,1-3H3,(H,31,35)/b16-14-/t23-,24+,26+/m1/s1. The van der Waals surface area contributed by atoms with Gasteiger partial charge in [-0.15, -0.1) is 0 Å². The SMILES string of the molecule is CNN(/C=C\N)CCC(=O)N1C[C@H](F)C[C@H]1C(=O)N[C@@H](c1ccccc1)c1ccc(C(C)C)cc1. The highest BCUT2D eigenvalue weighted by molar-refractivity contribution is 5.89. The Kier molecular flexibility index (Phi) is 9.25. The zero-order chi connectivity index (χ0) is 25.4. The number of amides is 2. The number of alkyl halides is 1. The Morgan fingerprint density at radius 2 is 1.74 bits per heavy atom. The Labute approximate surface area is 207 Å². The fraction of sp³-hybridized carbons (Fsp3) is 0.407. The molecule has 0 bridgehead atoms. The largest absolute Gasteiger partial charge is 0.403 e. The molecule has 1 saturated heterocycles. The van der Waals surface area contributed by atoms with Gasteiger partial charge in [0, 0.05) is 38.8 Å². The predicted octanol–water partition coefficient (Wildman–Crippen LogP) is 3.21. The van der Waals surface area contributed by atoms with Crippen LogP contribution in [-0.2, 0) is 9.59 Å². The maximum atomic E-state index is 14.4. The van der Waals surface area contributed by atoms with Crippen molar-refractivity contribution in [2.24, 2.45) is 5.73 Å². The number of likely N-dealkylation sites (tertiary alicyclic amines) is 1. The number of nitrogens with one attached hydrogen (secondary N) is 2. The van der Waals surface area contributed by atoms with Crippen molar-refractivity contribution in [1.29, 1.82) is 0 Å². The van der Waals surface area contributed by atoms with Crippen LogP contribution in [0.1, 0.15) is 55.3 Å². The Hall–Kier alpha value is -3.39. The van der Waals surface area contributed by atoms with E-state index in [2.05, 4.69) is 36.7 Å². The number of rotatable bonds is 10. The highest BCUT2D eigenvalue weighted by Gasteiger charge is 2.40. The zero-order valence-electron chi connectivity index (χ0n) is 20.7. The summed E-state index contributed by atoms with van der Waals surface area (Å²) in [7, 11) is 1.71. The summed E-state index contributed by atoms with van der Waals surface area (Å²) >= 11 is 0. The van der Waals surface area contributed by atoms with Crippen molar-refractivity contribution < 1.29 is 14.0 Å². The molecule has 2 amide bonds. The van der Waals surface area contributed by atoms with Crippen molar-refractivity contribution in [2.45, 2.75) is 50.9 Å². The minimum Gasteiger partial charge on any atom is -0.403 e. The van der Waals surface area contributed by atoms with Crippen LogP contribution in [0.3, 0.4) is 0 Å². The number of halogens is 1. The summed E-state index contributed by atoms with van der Waals surface area (Å²) < 4.78 is 14.4. The van der Waals surface area contributed by atoms with Crippen LogP contribution in [0.2, 0.25) is 0 Å². The molecule has 4 N–H and O–H groups in total. The van der Waals surface area contributed by atoms with E-state index < -0.39 is 18.3 Å². The molecular formula is C27H36FN5O2. The predicted molar refractivity (Wildman–Crippen MR) is 136 cm³/mol. The third kappa shape index (κ3) is 6.82. The van der Waals surface area contributed by atoms with E-state index in [9.17, 15) is 14.0 Å². The van der Waals surface area contributed by atoms with Gasteiger partial charge in [-0.3, -0.25) is 9.59 Å². The lowest BCUT2D eigenvalue weighted by molar-refractivity contribution is -0.138. The molecule has 3 atom stereocenters. The molecule has 0 radical (unpaired) electrons. The van der Waals surface area contributed by atoms with Gasteiger partial charge in [0.25, 0.3) is 0 Å². The van der Waals surface area contributed by atoms with Gasteiger partial charge in [-0.05, 0) is 22.6 Å². The van der Waals surface area contributed by atoms with E-state index in [4.69, 9.17) is 5.73 Å². The smallest absolute Gasteiger partial charge is 0.243 e. The highest BCUT2D eigenvalue weighted by atomic mass is 19.1.